The lowest BCUT2D eigenvalue weighted by molar-refractivity contribution is -0.148. The summed E-state index contributed by atoms with van der Waals surface area (Å²) in [6, 6.07) is 0. The number of allylic oxidation sites excluding steroid dienone is 1. The summed E-state index contributed by atoms with van der Waals surface area (Å²) in [4.78, 5) is 11.5. The Morgan fingerprint density at radius 3 is 2.55 bits per heavy atom. The van der Waals surface area contributed by atoms with Crippen molar-refractivity contribution >= 4 is 5.97 Å². The third-order valence-electron chi connectivity index (χ3n) is 10.6. The first-order chi connectivity index (χ1) is 14.6. The zero-order valence-electron chi connectivity index (χ0n) is 21.2. The Morgan fingerprint density at radius 1 is 1.06 bits per heavy atom. The van der Waals surface area contributed by atoms with Crippen LogP contribution in [0.25, 0.3) is 0 Å². The van der Waals surface area contributed by atoms with Crippen LogP contribution in [-0.4, -0.2) is 12.1 Å². The van der Waals surface area contributed by atoms with Gasteiger partial charge in [-0.1, -0.05) is 65.5 Å². The average molecular weight is 429 g/mol. The van der Waals surface area contributed by atoms with Crippen molar-refractivity contribution in [3.05, 3.63) is 11.6 Å². The first kappa shape index (κ1) is 23.4. The summed E-state index contributed by atoms with van der Waals surface area (Å²) >= 11 is 0. The van der Waals surface area contributed by atoms with E-state index in [1.54, 1.807) is 12.5 Å². The maximum Gasteiger partial charge on any atom is 0.302 e. The van der Waals surface area contributed by atoms with Crippen molar-refractivity contribution in [3.8, 4) is 0 Å². The molecule has 0 aromatic rings. The molecule has 0 saturated heterocycles. The molecule has 31 heavy (non-hydrogen) atoms. The summed E-state index contributed by atoms with van der Waals surface area (Å²) in [5.41, 5.74) is 2.53. The number of fused-ring (bicyclic) bond motifs is 5. The van der Waals surface area contributed by atoms with Gasteiger partial charge in [0.1, 0.15) is 6.10 Å². The standard InChI is InChI=1S/C29H48O2/c1-19(2)8-7-9-20(3)25-12-13-26-24-11-10-22-18-23(31-21(4)30)14-16-28(22,5)27(24)15-17-29(25,26)6/h10,19-20,23-27H,7-9,11-18H2,1-6H3/t20-,23-,24?,25?,26?,27?,28-,29+/m0/s1. The van der Waals surface area contributed by atoms with Gasteiger partial charge in [-0.25, -0.2) is 0 Å². The zero-order valence-corrected chi connectivity index (χ0v) is 21.2. The van der Waals surface area contributed by atoms with E-state index in [-0.39, 0.29) is 12.1 Å². The number of esters is 1. The summed E-state index contributed by atoms with van der Waals surface area (Å²) in [6.45, 7) is 14.1. The van der Waals surface area contributed by atoms with Crippen molar-refractivity contribution in [2.24, 2.45) is 46.3 Å². The van der Waals surface area contributed by atoms with Gasteiger partial charge in [-0.15, -0.1) is 0 Å². The third kappa shape index (κ3) is 4.26. The quantitative estimate of drug-likeness (QED) is 0.317. The Balaban J connectivity index is 1.47. The summed E-state index contributed by atoms with van der Waals surface area (Å²) < 4.78 is 5.61. The summed E-state index contributed by atoms with van der Waals surface area (Å²) in [6.07, 6.45) is 17.2. The lowest BCUT2D eigenvalue weighted by atomic mass is 9.47. The Kier molecular flexibility index (Phi) is 6.68. The van der Waals surface area contributed by atoms with Gasteiger partial charge in [0.25, 0.3) is 0 Å². The molecule has 4 rings (SSSR count). The van der Waals surface area contributed by atoms with E-state index in [2.05, 4.69) is 40.7 Å². The van der Waals surface area contributed by atoms with Crippen LogP contribution >= 0.6 is 0 Å². The van der Waals surface area contributed by atoms with E-state index in [0.717, 1.165) is 48.3 Å². The normalized spacial score (nSPS) is 42.9. The molecule has 4 unspecified atom stereocenters. The topological polar surface area (TPSA) is 26.3 Å². The van der Waals surface area contributed by atoms with Gasteiger partial charge in [0, 0.05) is 13.3 Å². The molecule has 2 nitrogen and oxygen atoms in total. The van der Waals surface area contributed by atoms with Gasteiger partial charge in [-0.2, -0.15) is 0 Å². The second-order valence-electron chi connectivity index (χ2n) is 12.8. The van der Waals surface area contributed by atoms with Crippen LogP contribution in [0.3, 0.4) is 0 Å². The molecule has 176 valence electrons. The van der Waals surface area contributed by atoms with Crippen LogP contribution < -0.4 is 0 Å². The van der Waals surface area contributed by atoms with Crippen LogP contribution in [0.15, 0.2) is 11.6 Å². The van der Waals surface area contributed by atoms with Gasteiger partial charge in [0.05, 0.1) is 0 Å². The minimum atomic E-state index is -0.115. The van der Waals surface area contributed by atoms with E-state index < -0.39 is 0 Å². The van der Waals surface area contributed by atoms with Crippen molar-refractivity contribution in [3.63, 3.8) is 0 Å². The van der Waals surface area contributed by atoms with E-state index in [4.69, 9.17) is 4.74 Å². The molecule has 4 aliphatic carbocycles. The Labute approximate surface area is 192 Å². The van der Waals surface area contributed by atoms with Crippen LogP contribution in [-0.2, 0) is 9.53 Å². The molecule has 3 fully saturated rings. The fourth-order valence-electron chi connectivity index (χ4n) is 8.99. The number of hydrogen-bond acceptors (Lipinski definition) is 2. The molecule has 0 aliphatic heterocycles. The highest BCUT2D eigenvalue weighted by atomic mass is 16.5. The molecule has 0 bridgehead atoms. The van der Waals surface area contributed by atoms with E-state index in [1.165, 1.54) is 57.8 Å². The Morgan fingerprint density at radius 2 is 1.84 bits per heavy atom. The predicted octanol–water partition coefficient (Wildman–Crippen LogP) is 7.96. The van der Waals surface area contributed by atoms with Crippen molar-refractivity contribution in [1.82, 2.24) is 0 Å². The van der Waals surface area contributed by atoms with E-state index >= 15 is 0 Å². The summed E-state index contributed by atoms with van der Waals surface area (Å²) in [5, 5.41) is 0. The van der Waals surface area contributed by atoms with Crippen molar-refractivity contribution in [2.45, 2.75) is 118 Å². The van der Waals surface area contributed by atoms with Crippen molar-refractivity contribution in [2.75, 3.05) is 0 Å². The molecule has 0 spiro atoms. The predicted molar refractivity (Wildman–Crippen MR) is 129 cm³/mol. The lowest BCUT2D eigenvalue weighted by Gasteiger charge is -2.58. The SMILES string of the molecule is CC(=O)O[C@H]1CC[C@@]2(C)C(=CCC3C4CCC([C@@H](C)CCCC(C)C)[C@@]4(C)CCC32)C1. The molecule has 0 amide bonds. The van der Waals surface area contributed by atoms with Crippen LogP contribution in [0.1, 0.15) is 112 Å². The minimum absolute atomic E-state index is 0.115. The van der Waals surface area contributed by atoms with Crippen molar-refractivity contribution in [1.29, 1.82) is 0 Å². The number of hydrogen-bond donors (Lipinski definition) is 0. The number of rotatable bonds is 6. The third-order valence-corrected chi connectivity index (χ3v) is 10.6. The van der Waals surface area contributed by atoms with Crippen LogP contribution in [0.2, 0.25) is 0 Å². The molecule has 3 saturated carbocycles. The van der Waals surface area contributed by atoms with Crippen molar-refractivity contribution < 1.29 is 9.53 Å². The first-order valence-electron chi connectivity index (χ1n) is 13.5. The highest BCUT2D eigenvalue weighted by Crippen LogP contribution is 2.67. The van der Waals surface area contributed by atoms with Gasteiger partial charge < -0.3 is 4.74 Å². The molecule has 2 heteroatoms. The number of carbonyl (C=O) groups excluding carboxylic acids is 1. The van der Waals surface area contributed by atoms with E-state index in [9.17, 15) is 4.79 Å². The average Bonchev–Trinajstić information content (AvgIpc) is 3.05. The molecular weight excluding hydrogens is 380 g/mol. The highest BCUT2D eigenvalue weighted by Gasteiger charge is 2.59. The Hall–Kier alpha value is -0.790. The summed E-state index contributed by atoms with van der Waals surface area (Å²) in [7, 11) is 0. The number of carbonyl (C=O) groups is 1. The van der Waals surface area contributed by atoms with Gasteiger partial charge >= 0.3 is 5.97 Å². The monoisotopic (exact) mass is 428 g/mol. The molecule has 0 radical (unpaired) electrons. The maximum absolute atomic E-state index is 11.5. The zero-order chi connectivity index (χ0) is 22.4. The largest absolute Gasteiger partial charge is 0.462 e. The second-order valence-corrected chi connectivity index (χ2v) is 12.8. The fraction of sp³-hybridized carbons (Fsp3) is 0.897. The second kappa shape index (κ2) is 8.86. The Bertz CT molecular complexity index is 693. The smallest absolute Gasteiger partial charge is 0.302 e. The highest BCUT2D eigenvalue weighted by molar-refractivity contribution is 5.66. The fourth-order valence-corrected chi connectivity index (χ4v) is 8.99. The molecule has 0 aromatic heterocycles. The first-order valence-corrected chi connectivity index (χ1v) is 13.5. The van der Waals surface area contributed by atoms with Gasteiger partial charge in [0.2, 0.25) is 0 Å². The maximum atomic E-state index is 11.5. The van der Waals surface area contributed by atoms with Gasteiger partial charge in [0.15, 0.2) is 0 Å². The molecular formula is C29H48O2. The molecule has 0 aromatic carbocycles. The molecule has 0 N–H and O–H groups in total. The van der Waals surface area contributed by atoms with E-state index in [0.29, 0.717) is 10.8 Å². The van der Waals surface area contributed by atoms with Crippen LogP contribution in [0.5, 0.6) is 0 Å². The van der Waals surface area contributed by atoms with E-state index in [1.807, 2.05) is 0 Å². The minimum Gasteiger partial charge on any atom is -0.462 e. The summed E-state index contributed by atoms with van der Waals surface area (Å²) in [5.74, 6) is 5.19. The molecule has 0 heterocycles. The number of ether oxygens (including phenoxy) is 1. The molecule has 8 atom stereocenters. The molecule has 4 aliphatic rings. The lowest BCUT2D eigenvalue weighted by Crippen LogP contribution is -2.51. The van der Waals surface area contributed by atoms with Crippen LogP contribution in [0, 0.1) is 46.3 Å². The van der Waals surface area contributed by atoms with Gasteiger partial charge in [-0.3, -0.25) is 4.79 Å². The van der Waals surface area contributed by atoms with Gasteiger partial charge in [-0.05, 0) is 91.3 Å². The van der Waals surface area contributed by atoms with Crippen LogP contribution in [0.4, 0.5) is 0 Å².